The van der Waals surface area contributed by atoms with Crippen LogP contribution < -0.4 is 0 Å². The minimum Gasteiger partial charge on any atom is -0.744 e. The average Bonchev–Trinajstić information content (AvgIpc) is 3.35. The van der Waals surface area contributed by atoms with Gasteiger partial charge in [-0.2, -0.15) is 0 Å². The first-order chi connectivity index (χ1) is 34.5. The molecule has 0 N–H and O–H groups in total. The summed E-state index contributed by atoms with van der Waals surface area (Å²) < 4.78 is 67.4. The van der Waals surface area contributed by atoms with Gasteiger partial charge in [0.15, 0.2) is 0 Å². The predicted octanol–water partition coefficient (Wildman–Crippen LogP) is 18.2. The summed E-state index contributed by atoms with van der Waals surface area (Å²) >= 11 is 0. The third-order valence-electron chi connectivity index (χ3n) is 14.9. The van der Waals surface area contributed by atoms with Crippen LogP contribution in [0.4, 0.5) is 0 Å². The van der Waals surface area contributed by atoms with E-state index in [-0.39, 0.29) is 9.79 Å². The molecule has 0 aliphatic heterocycles. The van der Waals surface area contributed by atoms with Crippen molar-refractivity contribution in [2.75, 3.05) is 53.4 Å². The number of hydrogen-bond donors (Lipinski definition) is 0. The average molecular weight is 1050 g/mol. The maximum atomic E-state index is 10.8. The Balaban J connectivity index is 0.00000106. The molecule has 0 heterocycles. The van der Waals surface area contributed by atoms with Gasteiger partial charge in [-0.05, 0) is 112 Å². The van der Waals surface area contributed by atoms with Crippen molar-refractivity contribution < 1.29 is 34.9 Å². The van der Waals surface area contributed by atoms with E-state index in [2.05, 4.69) is 55.6 Å². The molecule has 72 heavy (non-hydrogen) atoms. The van der Waals surface area contributed by atoms with Crippen LogP contribution in [-0.4, -0.2) is 88.3 Å². The maximum Gasteiger partial charge on any atom is 0.124 e. The van der Waals surface area contributed by atoms with Crippen LogP contribution in [0, 0.1) is 0 Å². The molecule has 0 radical (unpaired) electrons. The zero-order chi connectivity index (χ0) is 53.7. The lowest BCUT2D eigenvalue weighted by Gasteiger charge is -2.35. The Morgan fingerprint density at radius 1 is 0.278 bits per heavy atom. The van der Waals surface area contributed by atoms with Crippen molar-refractivity contribution in [3.8, 4) is 11.1 Å². The topological polar surface area (TPSA) is 114 Å². The van der Waals surface area contributed by atoms with E-state index in [1.807, 2.05) is 0 Å². The largest absolute Gasteiger partial charge is 0.744 e. The molecule has 0 atom stereocenters. The van der Waals surface area contributed by atoms with Gasteiger partial charge in [0, 0.05) is 0 Å². The lowest BCUT2D eigenvalue weighted by atomic mass is 10.1. The lowest BCUT2D eigenvalue weighted by molar-refractivity contribution is -0.910. The van der Waals surface area contributed by atoms with E-state index in [9.17, 15) is 25.9 Å². The second kappa shape index (κ2) is 45.4. The van der Waals surface area contributed by atoms with Crippen molar-refractivity contribution in [1.29, 1.82) is 0 Å². The van der Waals surface area contributed by atoms with Crippen molar-refractivity contribution >= 4 is 20.2 Å². The van der Waals surface area contributed by atoms with Gasteiger partial charge in [0.1, 0.15) is 20.2 Å². The number of rotatable bonds is 45. The first-order valence-corrected chi connectivity index (χ1v) is 33.2. The summed E-state index contributed by atoms with van der Waals surface area (Å²) in [7, 11) is -3.88. The first kappa shape index (κ1) is 70.2. The Morgan fingerprint density at radius 3 is 0.583 bits per heavy atom. The van der Waals surface area contributed by atoms with Crippen molar-refractivity contribution in [2.45, 2.75) is 282 Å². The Bertz CT molecular complexity index is 1510. The highest BCUT2D eigenvalue weighted by Crippen LogP contribution is 2.24. The number of benzene rings is 2. The SMILES string of the molecule is CCCCCCCC[N+](C)(CCCCCCCC)CCCCCCCC.CCCCCCCC[N+](C)(CCCCCCCC)CCCCCCCC.O=S(=O)([O-])c1ccc(-c2ccc(S(=O)(=O)[O-])cc2)cc1. The molecule has 0 aliphatic rings. The van der Waals surface area contributed by atoms with Crippen LogP contribution in [0.15, 0.2) is 58.3 Å². The van der Waals surface area contributed by atoms with E-state index in [4.69, 9.17) is 0 Å². The summed E-state index contributed by atoms with van der Waals surface area (Å²) in [5, 5.41) is 0. The number of nitrogens with zero attached hydrogens (tertiary/aromatic N) is 2. The quantitative estimate of drug-likeness (QED) is 0.0371. The maximum absolute atomic E-state index is 10.8. The number of hydrogen-bond acceptors (Lipinski definition) is 6. The van der Waals surface area contributed by atoms with Gasteiger partial charge in [0.2, 0.25) is 0 Å². The Kier molecular flexibility index (Phi) is 44.2. The van der Waals surface area contributed by atoms with Gasteiger partial charge in [-0.3, -0.25) is 0 Å². The van der Waals surface area contributed by atoms with Crippen LogP contribution in [0.3, 0.4) is 0 Å². The summed E-state index contributed by atoms with van der Waals surface area (Å²) in [6.45, 7) is 22.4. The number of quaternary nitrogens is 2. The van der Waals surface area contributed by atoms with Crippen LogP contribution in [0.5, 0.6) is 0 Å². The molecule has 0 aromatic heterocycles. The van der Waals surface area contributed by atoms with Crippen LogP contribution in [0.25, 0.3) is 11.1 Å². The minimum atomic E-state index is -4.50. The molecule has 0 bridgehead atoms. The molecule has 0 amide bonds. The smallest absolute Gasteiger partial charge is 0.124 e. The zero-order valence-electron chi connectivity index (χ0n) is 48.5. The molecule has 0 aliphatic carbocycles. The van der Waals surface area contributed by atoms with Gasteiger partial charge < -0.3 is 18.1 Å². The highest BCUT2D eigenvalue weighted by molar-refractivity contribution is 7.86. The Labute approximate surface area is 448 Å². The van der Waals surface area contributed by atoms with Crippen LogP contribution in [-0.2, 0) is 20.2 Å². The fourth-order valence-electron chi connectivity index (χ4n) is 9.94. The molecule has 2 aromatic carbocycles. The van der Waals surface area contributed by atoms with E-state index < -0.39 is 20.2 Å². The zero-order valence-corrected chi connectivity index (χ0v) is 50.1. The summed E-state index contributed by atoms with van der Waals surface area (Å²) in [6.07, 6.45) is 51.7. The normalized spacial score (nSPS) is 12.1. The number of unbranched alkanes of at least 4 members (excludes halogenated alkanes) is 30. The summed E-state index contributed by atoms with van der Waals surface area (Å²) in [5.74, 6) is 0. The fraction of sp³-hybridized carbons (Fsp3) is 0.806. The van der Waals surface area contributed by atoms with E-state index in [1.165, 1.54) is 304 Å². The lowest BCUT2D eigenvalue weighted by Crippen LogP contribution is -2.46. The monoisotopic (exact) mass is 1050 g/mol. The van der Waals surface area contributed by atoms with Crippen molar-refractivity contribution in [2.24, 2.45) is 0 Å². The molecule has 8 nitrogen and oxygen atoms in total. The molecule has 0 fully saturated rings. The van der Waals surface area contributed by atoms with Gasteiger partial charge in [-0.15, -0.1) is 0 Å². The van der Waals surface area contributed by atoms with Gasteiger partial charge in [-0.1, -0.05) is 220 Å². The standard InChI is InChI=1S/2C25H54N.C12H10O6S2/c2*1-5-8-11-14-17-20-23-26(4,24-21-18-15-12-9-6-2)25-22-19-16-13-10-7-3;13-19(14,15)11-5-1-9(2-6-11)10-3-7-12(8-4-10)20(16,17)18/h2*5-25H2,1-4H3;1-8H,(H,13,14,15)(H,16,17,18)/q2*+1;/p-2. The van der Waals surface area contributed by atoms with Crippen molar-refractivity contribution in [3.05, 3.63) is 48.5 Å². The highest BCUT2D eigenvalue weighted by atomic mass is 32.2. The first-order valence-electron chi connectivity index (χ1n) is 30.3. The molecule has 0 spiro atoms. The molecule has 10 heteroatoms. The second-order valence-electron chi connectivity index (χ2n) is 22.1. The molecule has 2 aromatic rings. The molecular formula is C62H116N2O6S2. The minimum absolute atomic E-state index is 0.347. The molecule has 2 rings (SSSR count). The molecule has 0 unspecified atom stereocenters. The summed E-state index contributed by atoms with van der Waals surface area (Å²) in [4.78, 5) is -0.694. The van der Waals surface area contributed by atoms with E-state index in [0.717, 1.165) is 24.3 Å². The highest BCUT2D eigenvalue weighted by Gasteiger charge is 2.21. The predicted molar refractivity (Wildman–Crippen MR) is 310 cm³/mol. The van der Waals surface area contributed by atoms with Crippen LogP contribution in [0.2, 0.25) is 0 Å². The van der Waals surface area contributed by atoms with E-state index >= 15 is 0 Å². The van der Waals surface area contributed by atoms with Crippen LogP contribution >= 0.6 is 0 Å². The Hall–Kier alpha value is -1.82. The summed E-state index contributed by atoms with van der Waals surface area (Å²) in [5.41, 5.74) is 1.18. The second-order valence-corrected chi connectivity index (χ2v) is 24.9. The van der Waals surface area contributed by atoms with E-state index in [1.54, 1.807) is 0 Å². The third-order valence-corrected chi connectivity index (χ3v) is 16.6. The molecular weight excluding hydrogens is 933 g/mol. The molecule has 0 saturated heterocycles. The van der Waals surface area contributed by atoms with Crippen molar-refractivity contribution in [3.63, 3.8) is 0 Å². The molecule has 0 saturated carbocycles. The van der Waals surface area contributed by atoms with Gasteiger partial charge in [-0.25, -0.2) is 16.8 Å². The summed E-state index contributed by atoms with van der Waals surface area (Å²) in [6, 6.07) is 10.3. The fourth-order valence-corrected chi connectivity index (χ4v) is 10.9. The third kappa shape index (κ3) is 39.6. The van der Waals surface area contributed by atoms with E-state index in [0.29, 0.717) is 11.1 Å². The van der Waals surface area contributed by atoms with Crippen LogP contribution in [0.1, 0.15) is 273 Å². The Morgan fingerprint density at radius 2 is 0.431 bits per heavy atom. The van der Waals surface area contributed by atoms with Gasteiger partial charge in [0.05, 0.1) is 63.2 Å². The van der Waals surface area contributed by atoms with Gasteiger partial charge in [0.25, 0.3) is 0 Å². The van der Waals surface area contributed by atoms with Gasteiger partial charge >= 0.3 is 0 Å². The van der Waals surface area contributed by atoms with Crippen molar-refractivity contribution in [1.82, 2.24) is 0 Å². The molecule has 422 valence electrons.